The van der Waals surface area contributed by atoms with Crippen LogP contribution in [-0.4, -0.2) is 36.6 Å². The molecule has 0 aliphatic heterocycles. The molecule has 0 aliphatic rings. The standard InChI is InChI=1S/C28H31ClN2O6.Na/c1-3-35-26(16-28(33)34)21-6-9-23(10-7-21)37-18-20-5-11-25(29)24(15-20)22-8-12-27(31-17-22)36-14-4-13-30-19(2)32;/h5-12,15,17,26H,3-4,13-14,16,18H2,1-2H3,(H,30,32)(H,33,34);/q;+1/p-1/t26-;/m0./s1. The number of halogens is 1. The van der Waals surface area contributed by atoms with Gasteiger partial charge in [-0.15, -0.1) is 0 Å². The average molecular weight is 549 g/mol. The van der Waals surface area contributed by atoms with E-state index < -0.39 is 12.1 Å². The number of amides is 1. The van der Waals surface area contributed by atoms with Crippen LogP contribution in [0.25, 0.3) is 11.1 Å². The maximum Gasteiger partial charge on any atom is 1.00 e. The number of carboxylic acids is 1. The number of carbonyl (C=O) groups is 2. The number of benzene rings is 2. The van der Waals surface area contributed by atoms with Crippen molar-refractivity contribution in [3.8, 4) is 22.8 Å². The molecule has 0 saturated heterocycles. The third-order valence-electron chi connectivity index (χ3n) is 5.40. The summed E-state index contributed by atoms with van der Waals surface area (Å²) in [5.41, 5.74) is 3.34. The molecule has 8 nitrogen and oxygen atoms in total. The molecule has 0 saturated carbocycles. The predicted molar refractivity (Wildman–Crippen MR) is 138 cm³/mol. The maximum absolute atomic E-state index is 11.0. The van der Waals surface area contributed by atoms with Crippen molar-refractivity contribution in [3.05, 3.63) is 76.9 Å². The number of ether oxygens (including phenoxy) is 3. The second kappa shape index (κ2) is 16.4. The number of nitrogens with one attached hydrogen (secondary N) is 1. The van der Waals surface area contributed by atoms with Crippen molar-refractivity contribution < 1.29 is 58.5 Å². The van der Waals surface area contributed by atoms with E-state index in [1.807, 2.05) is 31.2 Å². The van der Waals surface area contributed by atoms with Gasteiger partial charge >= 0.3 is 29.6 Å². The second-order valence-corrected chi connectivity index (χ2v) is 8.67. The number of rotatable bonds is 14. The molecule has 3 aromatic rings. The van der Waals surface area contributed by atoms with Crippen LogP contribution in [0, 0.1) is 0 Å². The smallest absolute Gasteiger partial charge is 0.550 e. The van der Waals surface area contributed by atoms with Crippen LogP contribution in [0.15, 0.2) is 60.8 Å². The van der Waals surface area contributed by atoms with Crippen LogP contribution < -0.4 is 49.5 Å². The molecule has 0 radical (unpaired) electrons. The topological polar surface area (TPSA) is 110 Å². The summed E-state index contributed by atoms with van der Waals surface area (Å²) < 4.78 is 17.1. The largest absolute Gasteiger partial charge is 1.00 e. The normalized spacial score (nSPS) is 11.2. The van der Waals surface area contributed by atoms with Gasteiger partial charge in [0.05, 0.1) is 12.7 Å². The molecule has 1 amide bonds. The van der Waals surface area contributed by atoms with E-state index in [1.54, 1.807) is 36.5 Å². The summed E-state index contributed by atoms with van der Waals surface area (Å²) in [6.45, 7) is 5.02. The van der Waals surface area contributed by atoms with Crippen molar-refractivity contribution in [3.63, 3.8) is 0 Å². The monoisotopic (exact) mass is 548 g/mol. The van der Waals surface area contributed by atoms with Crippen molar-refractivity contribution in [1.82, 2.24) is 10.3 Å². The van der Waals surface area contributed by atoms with Crippen LogP contribution in [0.3, 0.4) is 0 Å². The van der Waals surface area contributed by atoms with E-state index in [4.69, 9.17) is 25.8 Å². The Morgan fingerprint density at radius 3 is 2.47 bits per heavy atom. The SMILES string of the molecule is CCO[C@@H](CC(=O)[O-])c1ccc(OCc2ccc(Cl)c(-c3ccc(OCCCNC(C)=O)nc3)c2)cc1.[Na+]. The zero-order valence-electron chi connectivity index (χ0n) is 21.9. The van der Waals surface area contributed by atoms with Crippen molar-refractivity contribution in [1.29, 1.82) is 0 Å². The van der Waals surface area contributed by atoms with E-state index in [1.165, 1.54) is 6.92 Å². The van der Waals surface area contributed by atoms with E-state index in [2.05, 4.69) is 10.3 Å². The number of aromatic nitrogens is 1. The molecule has 196 valence electrons. The number of carbonyl (C=O) groups excluding carboxylic acids is 2. The van der Waals surface area contributed by atoms with Crippen LogP contribution in [0.2, 0.25) is 5.02 Å². The van der Waals surface area contributed by atoms with E-state index in [0.717, 1.165) is 22.3 Å². The van der Waals surface area contributed by atoms with Crippen LogP contribution in [0.5, 0.6) is 11.6 Å². The molecule has 38 heavy (non-hydrogen) atoms. The Bertz CT molecular complexity index is 1170. The first-order valence-corrected chi connectivity index (χ1v) is 12.4. The molecule has 0 bridgehead atoms. The summed E-state index contributed by atoms with van der Waals surface area (Å²) >= 11 is 6.45. The quantitative estimate of drug-likeness (QED) is 0.237. The van der Waals surface area contributed by atoms with E-state index in [0.29, 0.717) is 49.4 Å². The fraction of sp³-hybridized carbons (Fsp3) is 0.321. The van der Waals surface area contributed by atoms with Gasteiger partial charge in [0.1, 0.15) is 12.4 Å². The van der Waals surface area contributed by atoms with Gasteiger partial charge in [0.2, 0.25) is 11.8 Å². The van der Waals surface area contributed by atoms with Gasteiger partial charge in [0.25, 0.3) is 0 Å². The molecule has 1 atom stereocenters. The molecular weight excluding hydrogens is 519 g/mol. The zero-order valence-corrected chi connectivity index (χ0v) is 24.6. The van der Waals surface area contributed by atoms with Gasteiger partial charge in [0, 0.05) is 60.9 Å². The summed E-state index contributed by atoms with van der Waals surface area (Å²) in [5, 5.41) is 14.3. The average Bonchev–Trinajstić information content (AvgIpc) is 2.88. The Balaban J connectivity index is 0.00000507. The summed E-state index contributed by atoms with van der Waals surface area (Å²) in [4.78, 5) is 26.2. The first-order chi connectivity index (χ1) is 17.9. The van der Waals surface area contributed by atoms with Gasteiger partial charge in [-0.2, -0.15) is 0 Å². The molecule has 0 unspecified atom stereocenters. The second-order valence-electron chi connectivity index (χ2n) is 8.26. The van der Waals surface area contributed by atoms with Crippen molar-refractivity contribution in [2.24, 2.45) is 0 Å². The summed E-state index contributed by atoms with van der Waals surface area (Å²) in [7, 11) is 0. The zero-order chi connectivity index (χ0) is 26.6. The molecule has 0 aliphatic carbocycles. The minimum atomic E-state index is -1.16. The third-order valence-corrected chi connectivity index (χ3v) is 5.73. The minimum Gasteiger partial charge on any atom is -0.550 e. The Morgan fingerprint density at radius 1 is 1.08 bits per heavy atom. The van der Waals surface area contributed by atoms with Gasteiger partial charge in [-0.25, -0.2) is 4.98 Å². The maximum atomic E-state index is 11.0. The number of hydrogen-bond donors (Lipinski definition) is 1. The number of nitrogens with zero attached hydrogens (tertiary/aromatic N) is 1. The Hall–Kier alpha value is -2.62. The fourth-order valence-corrected chi connectivity index (χ4v) is 3.82. The van der Waals surface area contributed by atoms with Gasteiger partial charge in [-0.05, 0) is 54.8 Å². The van der Waals surface area contributed by atoms with E-state index >= 15 is 0 Å². The first kappa shape index (κ1) is 31.6. The molecule has 2 aromatic carbocycles. The van der Waals surface area contributed by atoms with Crippen LogP contribution in [0.4, 0.5) is 0 Å². The molecule has 1 N–H and O–H groups in total. The number of pyridine rings is 1. The number of aliphatic carboxylic acids is 1. The Labute approximate surface area is 250 Å². The molecule has 10 heteroatoms. The molecular formula is C28H30ClN2NaO6. The van der Waals surface area contributed by atoms with Gasteiger partial charge < -0.3 is 29.4 Å². The van der Waals surface area contributed by atoms with Crippen molar-refractivity contribution >= 4 is 23.5 Å². The van der Waals surface area contributed by atoms with E-state index in [9.17, 15) is 14.7 Å². The fourth-order valence-electron chi connectivity index (χ4n) is 3.59. The van der Waals surface area contributed by atoms with Gasteiger partial charge in [-0.1, -0.05) is 29.8 Å². The summed E-state index contributed by atoms with van der Waals surface area (Å²) in [6, 6.07) is 16.5. The molecule has 1 heterocycles. The predicted octanol–water partition coefficient (Wildman–Crippen LogP) is 1.11. The van der Waals surface area contributed by atoms with E-state index in [-0.39, 0.29) is 41.9 Å². The van der Waals surface area contributed by atoms with Crippen molar-refractivity contribution in [2.45, 2.75) is 39.4 Å². The third kappa shape index (κ3) is 10.3. The number of hydrogen-bond acceptors (Lipinski definition) is 7. The van der Waals surface area contributed by atoms with Crippen LogP contribution in [-0.2, 0) is 20.9 Å². The molecule has 0 spiro atoms. The molecule has 0 fully saturated rings. The molecule has 3 rings (SSSR count). The Morgan fingerprint density at radius 2 is 1.84 bits per heavy atom. The minimum absolute atomic E-state index is 0. The van der Waals surface area contributed by atoms with Crippen molar-refractivity contribution in [2.75, 3.05) is 19.8 Å². The number of carboxylic acid groups (broad SMARTS) is 1. The Kier molecular flexibility index (Phi) is 13.6. The van der Waals surface area contributed by atoms with Gasteiger partial charge in [-0.3, -0.25) is 4.79 Å². The van der Waals surface area contributed by atoms with Crippen LogP contribution >= 0.6 is 11.6 Å². The van der Waals surface area contributed by atoms with Gasteiger partial charge in [0.15, 0.2) is 0 Å². The van der Waals surface area contributed by atoms with Crippen LogP contribution in [0.1, 0.15) is 43.9 Å². The summed E-state index contributed by atoms with van der Waals surface area (Å²) in [5.74, 6) is -0.0812. The summed E-state index contributed by atoms with van der Waals surface area (Å²) in [6.07, 6.45) is 1.63. The first-order valence-electron chi connectivity index (χ1n) is 12.0. The molecule has 1 aromatic heterocycles.